The molecule has 1 heterocycles. The van der Waals surface area contributed by atoms with E-state index in [0.29, 0.717) is 6.04 Å². The summed E-state index contributed by atoms with van der Waals surface area (Å²) in [5.74, 6) is 0.796. The van der Waals surface area contributed by atoms with E-state index in [4.69, 9.17) is 4.74 Å². The Kier molecular flexibility index (Phi) is 5.04. The van der Waals surface area contributed by atoms with Crippen LogP contribution >= 0.6 is 0 Å². The Morgan fingerprint density at radius 3 is 2.95 bits per heavy atom. The number of carbonyl (C=O) groups excluding carboxylic acids is 1. The van der Waals surface area contributed by atoms with Crippen molar-refractivity contribution in [2.45, 2.75) is 32.2 Å². The molecule has 1 N–H and O–H groups in total. The molecule has 4 nitrogen and oxygen atoms in total. The van der Waals surface area contributed by atoms with Crippen LogP contribution in [0.25, 0.3) is 6.08 Å². The van der Waals surface area contributed by atoms with Crippen molar-refractivity contribution in [3.8, 4) is 5.75 Å². The highest BCUT2D eigenvalue weighted by Crippen LogP contribution is 2.19. The first-order chi connectivity index (χ1) is 9.72. The molecule has 20 heavy (non-hydrogen) atoms. The number of nitrogens with one attached hydrogen (secondary N) is 1. The number of amides is 2. The minimum absolute atomic E-state index is 0.0247. The molecule has 1 aromatic carbocycles. The Hall–Kier alpha value is -1.97. The standard InChI is InChI=1S/C16H22N2O2/c1-13-7-5-6-12-18(13)16(19)17-11-10-14-8-3-4-9-15(14)20-2/h3-4,8-11,13H,5-7,12H2,1-2H3,(H,17,19)/b11-10+. The summed E-state index contributed by atoms with van der Waals surface area (Å²) in [6.45, 7) is 2.94. The van der Waals surface area contributed by atoms with Gasteiger partial charge < -0.3 is 15.0 Å². The van der Waals surface area contributed by atoms with Gasteiger partial charge in [0.2, 0.25) is 0 Å². The molecule has 1 aliphatic rings. The van der Waals surface area contributed by atoms with Crippen LogP contribution in [0.3, 0.4) is 0 Å². The van der Waals surface area contributed by atoms with Crippen molar-refractivity contribution in [1.29, 1.82) is 0 Å². The van der Waals surface area contributed by atoms with Crippen LogP contribution in [-0.4, -0.2) is 30.6 Å². The van der Waals surface area contributed by atoms with E-state index < -0.39 is 0 Å². The average Bonchev–Trinajstić information content (AvgIpc) is 2.48. The van der Waals surface area contributed by atoms with Crippen LogP contribution in [0, 0.1) is 0 Å². The molecule has 1 unspecified atom stereocenters. The number of carbonyl (C=O) groups is 1. The fourth-order valence-corrected chi connectivity index (χ4v) is 2.49. The van der Waals surface area contributed by atoms with Gasteiger partial charge >= 0.3 is 6.03 Å². The molecule has 0 bridgehead atoms. The maximum Gasteiger partial charge on any atom is 0.321 e. The van der Waals surface area contributed by atoms with Crippen LogP contribution in [0.5, 0.6) is 5.75 Å². The Morgan fingerprint density at radius 2 is 2.20 bits per heavy atom. The molecule has 1 saturated heterocycles. The number of hydrogen-bond donors (Lipinski definition) is 1. The lowest BCUT2D eigenvalue weighted by molar-refractivity contribution is 0.161. The van der Waals surface area contributed by atoms with E-state index in [-0.39, 0.29) is 6.03 Å². The van der Waals surface area contributed by atoms with Crippen LogP contribution in [-0.2, 0) is 0 Å². The van der Waals surface area contributed by atoms with E-state index in [2.05, 4.69) is 12.2 Å². The maximum absolute atomic E-state index is 12.1. The molecule has 108 valence electrons. The Labute approximate surface area is 120 Å². The minimum Gasteiger partial charge on any atom is -0.496 e. The fourth-order valence-electron chi connectivity index (χ4n) is 2.49. The number of ether oxygens (including phenoxy) is 1. The average molecular weight is 274 g/mol. The number of rotatable bonds is 3. The lowest BCUT2D eigenvalue weighted by Gasteiger charge is -2.32. The topological polar surface area (TPSA) is 41.6 Å². The van der Waals surface area contributed by atoms with Gasteiger partial charge in [0.25, 0.3) is 0 Å². The largest absolute Gasteiger partial charge is 0.496 e. The molecule has 0 radical (unpaired) electrons. The first-order valence-electron chi connectivity index (χ1n) is 7.09. The lowest BCUT2D eigenvalue weighted by atomic mass is 10.0. The smallest absolute Gasteiger partial charge is 0.321 e. The van der Waals surface area contributed by atoms with Crippen LogP contribution in [0.4, 0.5) is 4.79 Å². The summed E-state index contributed by atoms with van der Waals surface area (Å²) in [5.41, 5.74) is 0.946. The van der Waals surface area contributed by atoms with Gasteiger partial charge in [0, 0.05) is 24.4 Å². The second-order valence-electron chi connectivity index (χ2n) is 5.06. The van der Waals surface area contributed by atoms with Crippen molar-refractivity contribution >= 4 is 12.1 Å². The van der Waals surface area contributed by atoms with Crippen molar-refractivity contribution in [3.63, 3.8) is 0 Å². The maximum atomic E-state index is 12.1. The number of benzene rings is 1. The molecule has 0 aliphatic carbocycles. The van der Waals surface area contributed by atoms with Crippen molar-refractivity contribution in [2.75, 3.05) is 13.7 Å². The summed E-state index contributed by atoms with van der Waals surface area (Å²) in [5, 5.41) is 2.83. The highest BCUT2D eigenvalue weighted by atomic mass is 16.5. The number of para-hydroxylation sites is 1. The Balaban J connectivity index is 1.94. The van der Waals surface area contributed by atoms with Crippen molar-refractivity contribution in [3.05, 3.63) is 36.0 Å². The summed E-state index contributed by atoms with van der Waals surface area (Å²) in [4.78, 5) is 14.0. The monoisotopic (exact) mass is 274 g/mol. The fraction of sp³-hybridized carbons (Fsp3) is 0.438. The van der Waals surface area contributed by atoms with Gasteiger partial charge in [0.05, 0.1) is 7.11 Å². The van der Waals surface area contributed by atoms with Crippen LogP contribution in [0.2, 0.25) is 0 Å². The zero-order chi connectivity index (χ0) is 14.4. The molecule has 1 aromatic rings. The number of hydrogen-bond acceptors (Lipinski definition) is 2. The van der Waals surface area contributed by atoms with Crippen LogP contribution < -0.4 is 10.1 Å². The van der Waals surface area contributed by atoms with Gasteiger partial charge in [0.1, 0.15) is 5.75 Å². The lowest BCUT2D eigenvalue weighted by Crippen LogP contribution is -2.46. The third-order valence-corrected chi connectivity index (χ3v) is 3.67. The summed E-state index contributed by atoms with van der Waals surface area (Å²) in [7, 11) is 1.64. The Bertz CT molecular complexity index is 485. The van der Waals surface area contributed by atoms with Gasteiger partial charge in [0.15, 0.2) is 0 Å². The summed E-state index contributed by atoms with van der Waals surface area (Å²) < 4.78 is 5.26. The van der Waals surface area contributed by atoms with Gasteiger partial charge in [-0.05, 0) is 38.3 Å². The van der Waals surface area contributed by atoms with Crippen LogP contribution in [0.15, 0.2) is 30.5 Å². The van der Waals surface area contributed by atoms with E-state index in [0.717, 1.165) is 30.7 Å². The first-order valence-corrected chi connectivity index (χ1v) is 7.09. The van der Waals surface area contributed by atoms with Gasteiger partial charge in [-0.3, -0.25) is 0 Å². The number of likely N-dealkylation sites (tertiary alicyclic amines) is 1. The highest BCUT2D eigenvalue weighted by molar-refractivity contribution is 5.76. The molecule has 0 aromatic heterocycles. The quantitative estimate of drug-likeness (QED) is 0.919. The molecular weight excluding hydrogens is 252 g/mol. The molecule has 1 atom stereocenters. The second-order valence-corrected chi connectivity index (χ2v) is 5.06. The molecule has 2 rings (SSSR count). The zero-order valence-electron chi connectivity index (χ0n) is 12.1. The van der Waals surface area contributed by atoms with Crippen molar-refractivity contribution < 1.29 is 9.53 Å². The minimum atomic E-state index is -0.0247. The molecular formula is C16H22N2O2. The van der Waals surface area contributed by atoms with Gasteiger partial charge in [-0.25, -0.2) is 4.79 Å². The van der Waals surface area contributed by atoms with E-state index in [1.165, 1.54) is 6.42 Å². The third kappa shape index (κ3) is 3.53. The SMILES string of the molecule is COc1ccccc1/C=C/NC(=O)N1CCCCC1C. The summed E-state index contributed by atoms with van der Waals surface area (Å²) in [6, 6.07) is 8.01. The number of piperidine rings is 1. The molecule has 1 fully saturated rings. The van der Waals surface area contributed by atoms with Crippen molar-refractivity contribution in [1.82, 2.24) is 10.2 Å². The molecule has 0 saturated carbocycles. The van der Waals surface area contributed by atoms with E-state index in [1.54, 1.807) is 13.3 Å². The van der Waals surface area contributed by atoms with Crippen molar-refractivity contribution in [2.24, 2.45) is 0 Å². The molecule has 4 heteroatoms. The predicted octanol–water partition coefficient (Wildman–Crippen LogP) is 3.25. The van der Waals surface area contributed by atoms with E-state index in [1.807, 2.05) is 35.2 Å². The zero-order valence-corrected chi connectivity index (χ0v) is 12.1. The summed E-state index contributed by atoms with van der Waals surface area (Å²) >= 11 is 0. The second kappa shape index (κ2) is 6.98. The number of nitrogens with zero attached hydrogens (tertiary/aromatic N) is 1. The van der Waals surface area contributed by atoms with E-state index in [9.17, 15) is 4.79 Å². The van der Waals surface area contributed by atoms with Gasteiger partial charge in [-0.1, -0.05) is 18.2 Å². The molecule has 1 aliphatic heterocycles. The van der Waals surface area contributed by atoms with E-state index >= 15 is 0 Å². The number of methoxy groups -OCH3 is 1. The number of urea groups is 1. The predicted molar refractivity (Wildman–Crippen MR) is 80.6 cm³/mol. The molecule has 2 amide bonds. The van der Waals surface area contributed by atoms with Gasteiger partial charge in [-0.2, -0.15) is 0 Å². The van der Waals surface area contributed by atoms with Gasteiger partial charge in [-0.15, -0.1) is 0 Å². The normalized spacial score (nSPS) is 19.1. The Morgan fingerprint density at radius 1 is 1.40 bits per heavy atom. The molecule has 0 spiro atoms. The summed E-state index contributed by atoms with van der Waals surface area (Å²) in [6.07, 6.45) is 6.92. The van der Waals surface area contributed by atoms with Crippen LogP contribution in [0.1, 0.15) is 31.7 Å². The third-order valence-electron chi connectivity index (χ3n) is 3.67. The highest BCUT2D eigenvalue weighted by Gasteiger charge is 2.22. The first kappa shape index (κ1) is 14.4.